The van der Waals surface area contributed by atoms with E-state index in [1.54, 1.807) is 7.11 Å². The van der Waals surface area contributed by atoms with Crippen LogP contribution in [-0.4, -0.2) is 63.1 Å². The van der Waals surface area contributed by atoms with Gasteiger partial charge >= 0.3 is 0 Å². The van der Waals surface area contributed by atoms with Crippen LogP contribution in [0.3, 0.4) is 0 Å². The minimum atomic E-state index is -0.531. The van der Waals surface area contributed by atoms with Crippen LogP contribution >= 0.6 is 0 Å². The molecule has 1 aromatic carbocycles. The molecule has 0 aliphatic carbocycles. The minimum Gasteiger partial charge on any atom is -0.497 e. The number of carbonyl (C=O) groups is 2. The fraction of sp³-hybridized carbons (Fsp3) is 0.467. The zero-order valence-electron chi connectivity index (χ0n) is 12.7. The van der Waals surface area contributed by atoms with Crippen LogP contribution in [0.4, 0.5) is 5.69 Å². The van der Waals surface area contributed by atoms with E-state index in [0.29, 0.717) is 6.54 Å². The fourth-order valence-electron chi connectivity index (χ4n) is 2.42. The van der Waals surface area contributed by atoms with Gasteiger partial charge in [0, 0.05) is 37.9 Å². The molecular weight excluding hydrogens is 284 g/mol. The van der Waals surface area contributed by atoms with Crippen molar-refractivity contribution < 1.29 is 14.3 Å². The third kappa shape index (κ3) is 4.63. The number of anilines is 1. The molecule has 1 heterocycles. The second kappa shape index (κ2) is 7.65. The Bertz CT molecular complexity index is 527. The van der Waals surface area contributed by atoms with Crippen LogP contribution in [0.2, 0.25) is 0 Å². The van der Waals surface area contributed by atoms with E-state index in [9.17, 15) is 9.59 Å². The number of amides is 2. The maximum absolute atomic E-state index is 11.7. The smallest absolute Gasteiger partial charge is 0.236 e. The fourth-order valence-corrected chi connectivity index (χ4v) is 2.42. The minimum absolute atomic E-state index is 0.109. The van der Waals surface area contributed by atoms with Crippen LogP contribution in [0.15, 0.2) is 24.3 Å². The van der Waals surface area contributed by atoms with E-state index >= 15 is 0 Å². The Hall–Kier alpha value is -2.28. The lowest BCUT2D eigenvalue weighted by molar-refractivity contribution is -0.125. The van der Waals surface area contributed by atoms with Crippen molar-refractivity contribution in [2.45, 2.75) is 0 Å². The molecular formula is C15H22N4O3. The van der Waals surface area contributed by atoms with E-state index in [-0.39, 0.29) is 12.5 Å². The first kappa shape index (κ1) is 16.1. The van der Waals surface area contributed by atoms with Gasteiger partial charge in [0.25, 0.3) is 0 Å². The SMILES string of the molecule is COc1cccc(N2CCN(CC(=O)NCC(N)=O)CC2)c1. The second-order valence-electron chi connectivity index (χ2n) is 5.21. The molecule has 2 amide bonds. The molecule has 0 unspecified atom stereocenters. The molecule has 3 N–H and O–H groups in total. The highest BCUT2D eigenvalue weighted by molar-refractivity contribution is 5.84. The first-order chi connectivity index (χ1) is 10.6. The largest absolute Gasteiger partial charge is 0.497 e. The number of hydrogen-bond donors (Lipinski definition) is 2. The molecule has 0 bridgehead atoms. The molecule has 7 nitrogen and oxygen atoms in total. The molecule has 1 fully saturated rings. The number of nitrogens with two attached hydrogens (primary N) is 1. The number of benzene rings is 1. The molecule has 1 saturated heterocycles. The lowest BCUT2D eigenvalue weighted by Crippen LogP contribution is -2.50. The summed E-state index contributed by atoms with van der Waals surface area (Å²) in [6.07, 6.45) is 0. The maximum Gasteiger partial charge on any atom is 0.236 e. The summed E-state index contributed by atoms with van der Waals surface area (Å²) in [5.74, 6) is 0.135. The van der Waals surface area contributed by atoms with Crippen molar-refractivity contribution in [3.63, 3.8) is 0 Å². The molecule has 1 aromatic rings. The first-order valence-electron chi connectivity index (χ1n) is 7.25. The zero-order valence-corrected chi connectivity index (χ0v) is 12.7. The van der Waals surface area contributed by atoms with Crippen molar-refractivity contribution in [1.82, 2.24) is 10.2 Å². The Labute approximate surface area is 130 Å². The van der Waals surface area contributed by atoms with Crippen molar-refractivity contribution in [3.8, 4) is 5.75 Å². The number of methoxy groups -OCH3 is 1. The number of primary amides is 1. The van der Waals surface area contributed by atoms with Gasteiger partial charge in [-0.3, -0.25) is 14.5 Å². The Kier molecular flexibility index (Phi) is 5.60. The summed E-state index contributed by atoms with van der Waals surface area (Å²) >= 11 is 0. The van der Waals surface area contributed by atoms with E-state index < -0.39 is 5.91 Å². The van der Waals surface area contributed by atoms with Gasteiger partial charge in [-0.25, -0.2) is 0 Å². The van der Waals surface area contributed by atoms with Gasteiger partial charge in [-0.1, -0.05) is 6.07 Å². The van der Waals surface area contributed by atoms with Gasteiger partial charge in [0.05, 0.1) is 20.2 Å². The van der Waals surface area contributed by atoms with Crippen molar-refractivity contribution in [2.75, 3.05) is 51.3 Å². The van der Waals surface area contributed by atoms with Crippen LogP contribution < -0.4 is 20.7 Å². The van der Waals surface area contributed by atoms with Crippen LogP contribution in [0.25, 0.3) is 0 Å². The van der Waals surface area contributed by atoms with Gasteiger partial charge in [0.15, 0.2) is 0 Å². The predicted molar refractivity (Wildman–Crippen MR) is 83.9 cm³/mol. The molecule has 1 aliphatic heterocycles. The van der Waals surface area contributed by atoms with Crippen molar-refractivity contribution in [3.05, 3.63) is 24.3 Å². The Morgan fingerprint density at radius 2 is 2.00 bits per heavy atom. The summed E-state index contributed by atoms with van der Waals surface area (Å²) in [5.41, 5.74) is 6.12. The number of rotatable bonds is 6. The topological polar surface area (TPSA) is 87.9 Å². The Balaban J connectivity index is 1.80. The standard InChI is InChI=1S/C15H22N4O3/c1-22-13-4-2-3-12(9-13)19-7-5-18(6-8-19)11-15(21)17-10-14(16)20/h2-4,9H,5-8,10-11H2,1H3,(H2,16,20)(H,17,21). The second-order valence-corrected chi connectivity index (χ2v) is 5.21. The number of carbonyl (C=O) groups excluding carboxylic acids is 2. The average molecular weight is 306 g/mol. The highest BCUT2D eigenvalue weighted by Crippen LogP contribution is 2.21. The van der Waals surface area contributed by atoms with Crippen LogP contribution in [-0.2, 0) is 9.59 Å². The summed E-state index contributed by atoms with van der Waals surface area (Å²) in [7, 11) is 1.65. The molecule has 0 radical (unpaired) electrons. The Morgan fingerprint density at radius 1 is 1.27 bits per heavy atom. The highest BCUT2D eigenvalue weighted by atomic mass is 16.5. The normalized spacial score (nSPS) is 15.4. The molecule has 0 atom stereocenters. The lowest BCUT2D eigenvalue weighted by atomic mass is 10.2. The summed E-state index contributed by atoms with van der Waals surface area (Å²) in [4.78, 5) is 26.6. The third-order valence-corrected chi connectivity index (χ3v) is 3.62. The van der Waals surface area contributed by atoms with Gasteiger partial charge in [-0.2, -0.15) is 0 Å². The van der Waals surface area contributed by atoms with Gasteiger partial charge in [-0.05, 0) is 12.1 Å². The molecule has 2 rings (SSSR count). The number of piperazine rings is 1. The molecule has 0 saturated carbocycles. The number of ether oxygens (including phenoxy) is 1. The van der Waals surface area contributed by atoms with Gasteiger partial charge < -0.3 is 20.7 Å². The number of hydrogen-bond acceptors (Lipinski definition) is 5. The quantitative estimate of drug-likeness (QED) is 0.734. The molecule has 0 spiro atoms. The van der Waals surface area contributed by atoms with Gasteiger partial charge in [-0.15, -0.1) is 0 Å². The van der Waals surface area contributed by atoms with Gasteiger partial charge in [0.2, 0.25) is 11.8 Å². The van der Waals surface area contributed by atoms with E-state index in [1.807, 2.05) is 18.2 Å². The predicted octanol–water partition coefficient (Wildman–Crippen LogP) is -0.581. The summed E-state index contributed by atoms with van der Waals surface area (Å²) < 4.78 is 5.24. The summed E-state index contributed by atoms with van der Waals surface area (Å²) in [5, 5.41) is 2.50. The lowest BCUT2D eigenvalue weighted by Gasteiger charge is -2.35. The van der Waals surface area contributed by atoms with Crippen molar-refractivity contribution in [1.29, 1.82) is 0 Å². The molecule has 22 heavy (non-hydrogen) atoms. The molecule has 1 aliphatic rings. The van der Waals surface area contributed by atoms with Crippen LogP contribution in [0.1, 0.15) is 0 Å². The summed E-state index contributed by atoms with van der Waals surface area (Å²) in [6.45, 7) is 3.46. The third-order valence-electron chi connectivity index (χ3n) is 3.62. The maximum atomic E-state index is 11.7. The average Bonchev–Trinajstić information content (AvgIpc) is 2.54. The van der Waals surface area contributed by atoms with E-state index in [1.165, 1.54) is 0 Å². The van der Waals surface area contributed by atoms with E-state index in [0.717, 1.165) is 37.6 Å². The molecule has 120 valence electrons. The number of nitrogens with one attached hydrogen (secondary N) is 1. The van der Waals surface area contributed by atoms with E-state index in [4.69, 9.17) is 10.5 Å². The van der Waals surface area contributed by atoms with Crippen molar-refractivity contribution in [2.24, 2.45) is 5.73 Å². The van der Waals surface area contributed by atoms with Gasteiger partial charge in [0.1, 0.15) is 5.75 Å². The number of nitrogens with zero attached hydrogens (tertiary/aromatic N) is 2. The van der Waals surface area contributed by atoms with Crippen LogP contribution in [0, 0.1) is 0 Å². The first-order valence-corrected chi connectivity index (χ1v) is 7.25. The Morgan fingerprint density at radius 3 is 2.64 bits per heavy atom. The molecule has 0 aromatic heterocycles. The van der Waals surface area contributed by atoms with Crippen molar-refractivity contribution >= 4 is 17.5 Å². The monoisotopic (exact) mass is 306 g/mol. The summed E-state index contributed by atoms with van der Waals surface area (Å²) in [6, 6.07) is 7.95. The zero-order chi connectivity index (χ0) is 15.9. The molecule has 7 heteroatoms. The van der Waals surface area contributed by atoms with E-state index in [2.05, 4.69) is 21.2 Å². The van der Waals surface area contributed by atoms with Crippen LogP contribution in [0.5, 0.6) is 5.75 Å². The highest BCUT2D eigenvalue weighted by Gasteiger charge is 2.19.